The molecule has 2 heterocycles. The smallest absolute Gasteiger partial charge is 0.319 e. The van der Waals surface area contributed by atoms with Crippen LogP contribution in [0.1, 0.15) is 27.4 Å². The highest BCUT2D eigenvalue weighted by molar-refractivity contribution is 6.04. The second-order valence-corrected chi connectivity index (χ2v) is 5.63. The fourth-order valence-corrected chi connectivity index (χ4v) is 2.45. The highest BCUT2D eigenvalue weighted by Gasteiger charge is 2.35. The zero-order valence-corrected chi connectivity index (χ0v) is 14.0. The first-order valence-electron chi connectivity index (χ1n) is 7.54. The van der Waals surface area contributed by atoms with Gasteiger partial charge in [-0.25, -0.2) is 9.50 Å². The number of nitrogens with zero attached hydrogens (tertiary/aromatic N) is 5. The first-order chi connectivity index (χ1) is 13.1. The van der Waals surface area contributed by atoms with Gasteiger partial charge in [0.2, 0.25) is 0 Å². The number of carbonyl (C=O) groups excluding carboxylic acids is 1. The summed E-state index contributed by atoms with van der Waals surface area (Å²) in [6.07, 6.45) is -4.71. The normalized spacial score (nSPS) is 11.2. The third-order valence-electron chi connectivity index (χ3n) is 3.66. The van der Waals surface area contributed by atoms with Crippen molar-refractivity contribution in [2.75, 3.05) is 5.32 Å². The van der Waals surface area contributed by atoms with Crippen LogP contribution in [0.15, 0.2) is 30.3 Å². The number of halogens is 3. The molecule has 3 aromatic rings. The summed E-state index contributed by atoms with van der Waals surface area (Å²) in [6.45, 7) is 1.37. The summed E-state index contributed by atoms with van der Waals surface area (Å²) in [6, 6.07) is 6.75. The van der Waals surface area contributed by atoms with Crippen molar-refractivity contribution in [1.29, 1.82) is 5.26 Å². The van der Waals surface area contributed by atoms with Crippen LogP contribution in [-0.2, 0) is 6.18 Å². The SMILES string of the molecule is Cc1cc(C(F)(F)F)n2nc(C(=O)Nc3ccc([N+](=O)[O-])cc3C#N)cc2n1. The summed E-state index contributed by atoms with van der Waals surface area (Å²) in [5, 5.41) is 25.8. The number of fused-ring (bicyclic) bond motifs is 1. The monoisotopic (exact) mass is 390 g/mol. The molecule has 0 radical (unpaired) electrons. The second kappa shape index (κ2) is 6.62. The highest BCUT2D eigenvalue weighted by Crippen LogP contribution is 2.30. The zero-order valence-electron chi connectivity index (χ0n) is 14.0. The van der Waals surface area contributed by atoms with Crippen LogP contribution in [0.4, 0.5) is 24.5 Å². The summed E-state index contributed by atoms with van der Waals surface area (Å²) >= 11 is 0. The van der Waals surface area contributed by atoms with Gasteiger partial charge in [-0.2, -0.15) is 23.5 Å². The standard InChI is InChI=1S/C16H9F3N6O3/c1-8-4-13(16(17,18)19)24-14(21-8)6-12(23-24)15(26)22-11-3-2-10(25(27)28)5-9(11)7-20/h2-6H,1H3,(H,22,26). The maximum Gasteiger partial charge on any atom is 0.433 e. The summed E-state index contributed by atoms with van der Waals surface area (Å²) < 4.78 is 40.0. The summed E-state index contributed by atoms with van der Waals surface area (Å²) in [5.41, 5.74) is -2.13. The first-order valence-corrected chi connectivity index (χ1v) is 7.54. The molecule has 0 aliphatic heterocycles. The van der Waals surface area contributed by atoms with Crippen molar-refractivity contribution >= 4 is 22.9 Å². The molecule has 142 valence electrons. The average Bonchev–Trinajstić information content (AvgIpc) is 3.04. The Morgan fingerprint density at radius 1 is 1.32 bits per heavy atom. The molecule has 1 aromatic carbocycles. The van der Waals surface area contributed by atoms with Gasteiger partial charge in [0.25, 0.3) is 11.6 Å². The number of benzene rings is 1. The van der Waals surface area contributed by atoms with E-state index in [0.717, 1.165) is 30.3 Å². The van der Waals surface area contributed by atoms with Crippen LogP contribution in [0.25, 0.3) is 5.65 Å². The van der Waals surface area contributed by atoms with Crippen LogP contribution >= 0.6 is 0 Å². The Hall–Kier alpha value is -4.01. The van der Waals surface area contributed by atoms with Gasteiger partial charge in [-0.05, 0) is 19.1 Å². The molecular weight excluding hydrogens is 381 g/mol. The van der Waals surface area contributed by atoms with E-state index in [0.29, 0.717) is 4.52 Å². The molecule has 0 bridgehead atoms. The quantitative estimate of drug-likeness (QED) is 0.541. The number of aromatic nitrogens is 3. The number of nitriles is 1. The van der Waals surface area contributed by atoms with Gasteiger partial charge in [0, 0.05) is 23.9 Å². The van der Waals surface area contributed by atoms with E-state index in [2.05, 4.69) is 15.4 Å². The van der Waals surface area contributed by atoms with E-state index in [1.807, 2.05) is 0 Å². The molecule has 0 aliphatic carbocycles. The fourth-order valence-electron chi connectivity index (χ4n) is 2.45. The van der Waals surface area contributed by atoms with Crippen LogP contribution in [0, 0.1) is 28.4 Å². The Morgan fingerprint density at radius 2 is 2.04 bits per heavy atom. The number of hydrogen-bond donors (Lipinski definition) is 1. The van der Waals surface area contributed by atoms with Crippen molar-refractivity contribution in [2.24, 2.45) is 0 Å². The molecule has 9 nitrogen and oxygen atoms in total. The van der Waals surface area contributed by atoms with Crippen LogP contribution in [0.3, 0.4) is 0 Å². The van der Waals surface area contributed by atoms with Crippen LogP contribution < -0.4 is 5.32 Å². The van der Waals surface area contributed by atoms with Gasteiger partial charge < -0.3 is 5.32 Å². The number of nitrogens with one attached hydrogen (secondary N) is 1. The number of alkyl halides is 3. The van der Waals surface area contributed by atoms with E-state index in [-0.39, 0.29) is 34.0 Å². The van der Waals surface area contributed by atoms with E-state index in [4.69, 9.17) is 5.26 Å². The predicted octanol–water partition coefficient (Wildman–Crippen LogP) is 3.09. The summed E-state index contributed by atoms with van der Waals surface area (Å²) in [7, 11) is 0. The molecule has 0 aliphatic rings. The van der Waals surface area contributed by atoms with Crippen molar-refractivity contribution < 1.29 is 22.9 Å². The zero-order chi connectivity index (χ0) is 20.6. The van der Waals surface area contributed by atoms with E-state index in [9.17, 15) is 28.1 Å². The molecular formula is C16H9F3N6O3. The number of non-ortho nitro benzene ring substituents is 1. The molecule has 0 saturated carbocycles. The minimum Gasteiger partial charge on any atom is -0.319 e. The number of nitro benzene ring substituents is 1. The van der Waals surface area contributed by atoms with Crippen molar-refractivity contribution in [1.82, 2.24) is 14.6 Å². The summed E-state index contributed by atoms with van der Waals surface area (Å²) in [4.78, 5) is 26.3. The molecule has 0 spiro atoms. The van der Waals surface area contributed by atoms with Gasteiger partial charge >= 0.3 is 6.18 Å². The van der Waals surface area contributed by atoms with E-state index in [1.54, 1.807) is 6.07 Å². The molecule has 0 unspecified atom stereocenters. The number of nitro groups is 1. The highest BCUT2D eigenvalue weighted by atomic mass is 19.4. The number of amides is 1. The lowest BCUT2D eigenvalue weighted by Crippen LogP contribution is -2.16. The largest absolute Gasteiger partial charge is 0.433 e. The molecule has 28 heavy (non-hydrogen) atoms. The number of aryl methyl sites for hydroxylation is 1. The van der Waals surface area contributed by atoms with Gasteiger partial charge in [0.15, 0.2) is 11.3 Å². The maximum absolute atomic E-state index is 13.2. The molecule has 2 aromatic heterocycles. The van der Waals surface area contributed by atoms with Gasteiger partial charge in [-0.3, -0.25) is 14.9 Å². The molecule has 12 heteroatoms. The topological polar surface area (TPSA) is 126 Å². The Labute approximate surface area is 154 Å². The molecule has 0 atom stereocenters. The van der Waals surface area contributed by atoms with Crippen LogP contribution in [-0.4, -0.2) is 25.4 Å². The lowest BCUT2D eigenvalue weighted by atomic mass is 10.1. The van der Waals surface area contributed by atoms with Crippen LogP contribution in [0.2, 0.25) is 0 Å². The molecule has 3 rings (SSSR count). The Morgan fingerprint density at radius 3 is 2.64 bits per heavy atom. The molecule has 1 N–H and O–H groups in total. The van der Waals surface area contributed by atoms with Crippen molar-refractivity contribution in [2.45, 2.75) is 13.1 Å². The predicted molar refractivity (Wildman–Crippen MR) is 88.5 cm³/mol. The Kier molecular flexibility index (Phi) is 4.44. The number of carbonyl (C=O) groups is 1. The maximum atomic E-state index is 13.2. The number of rotatable bonds is 3. The van der Waals surface area contributed by atoms with Gasteiger partial charge in [0.05, 0.1) is 16.2 Å². The summed E-state index contributed by atoms with van der Waals surface area (Å²) in [5.74, 6) is -0.901. The third-order valence-corrected chi connectivity index (χ3v) is 3.66. The van der Waals surface area contributed by atoms with Gasteiger partial charge in [0.1, 0.15) is 11.8 Å². The van der Waals surface area contributed by atoms with E-state index >= 15 is 0 Å². The minimum atomic E-state index is -4.71. The lowest BCUT2D eigenvalue weighted by Gasteiger charge is -2.09. The molecule has 0 fully saturated rings. The van der Waals surface area contributed by atoms with E-state index < -0.39 is 22.7 Å². The number of anilines is 1. The van der Waals surface area contributed by atoms with Gasteiger partial charge in [-0.1, -0.05) is 0 Å². The second-order valence-electron chi connectivity index (χ2n) is 5.63. The minimum absolute atomic E-state index is 0.0460. The fraction of sp³-hybridized carbons (Fsp3) is 0.125. The first kappa shape index (κ1) is 18.8. The average molecular weight is 390 g/mol. The van der Waals surface area contributed by atoms with Crippen molar-refractivity contribution in [3.05, 3.63) is 63.1 Å². The van der Waals surface area contributed by atoms with Crippen molar-refractivity contribution in [3.63, 3.8) is 0 Å². The molecule has 1 amide bonds. The molecule has 0 saturated heterocycles. The Balaban J connectivity index is 1.99. The lowest BCUT2D eigenvalue weighted by molar-refractivity contribution is -0.384. The van der Waals surface area contributed by atoms with Gasteiger partial charge in [-0.15, -0.1) is 0 Å². The third kappa shape index (κ3) is 3.45. The number of hydrogen-bond acceptors (Lipinski definition) is 6. The van der Waals surface area contributed by atoms with Crippen LogP contribution in [0.5, 0.6) is 0 Å². The van der Waals surface area contributed by atoms with E-state index in [1.165, 1.54) is 6.92 Å². The van der Waals surface area contributed by atoms with Crippen molar-refractivity contribution in [3.8, 4) is 6.07 Å². The Bertz CT molecular complexity index is 1160.